The first-order valence-electron chi connectivity index (χ1n) is 9.34. The van der Waals surface area contributed by atoms with Crippen LogP contribution in [0.5, 0.6) is 0 Å². The molecule has 2 aromatic carbocycles. The van der Waals surface area contributed by atoms with Gasteiger partial charge in [0.1, 0.15) is 0 Å². The van der Waals surface area contributed by atoms with Crippen LogP contribution in [0.3, 0.4) is 0 Å². The number of carbonyl (C=O) groups excluding carboxylic acids is 1. The second kappa shape index (κ2) is 6.99. The van der Waals surface area contributed by atoms with Crippen molar-refractivity contribution >= 4 is 17.2 Å². The summed E-state index contributed by atoms with van der Waals surface area (Å²) in [6.45, 7) is 10.6. The number of allylic oxidation sites excluding steroid dienone is 2. The van der Waals surface area contributed by atoms with E-state index in [9.17, 15) is 4.79 Å². The van der Waals surface area contributed by atoms with Gasteiger partial charge in [-0.3, -0.25) is 4.79 Å². The third-order valence-electron chi connectivity index (χ3n) is 5.49. The molecule has 0 amide bonds. The predicted molar refractivity (Wildman–Crippen MR) is 110 cm³/mol. The minimum atomic E-state index is -0.178. The third kappa shape index (κ3) is 3.03. The second-order valence-corrected chi connectivity index (χ2v) is 7.31. The van der Waals surface area contributed by atoms with Crippen LogP contribution in [0, 0.1) is 0 Å². The maximum atomic E-state index is 12.9. The number of fused-ring (bicyclic) bond motifs is 1. The molecule has 3 heteroatoms. The molecule has 2 aromatic rings. The van der Waals surface area contributed by atoms with Gasteiger partial charge in [-0.25, -0.2) is 0 Å². The van der Waals surface area contributed by atoms with Crippen molar-refractivity contribution in [3.05, 3.63) is 71.4 Å². The van der Waals surface area contributed by atoms with Crippen LogP contribution in [0.2, 0.25) is 0 Å². The van der Waals surface area contributed by atoms with Gasteiger partial charge < -0.3 is 9.80 Å². The topological polar surface area (TPSA) is 23.6 Å². The predicted octanol–water partition coefficient (Wildman–Crippen LogP) is 5.03. The van der Waals surface area contributed by atoms with Crippen molar-refractivity contribution < 1.29 is 4.79 Å². The SMILES string of the molecule is CCN(CC)c1ccc(C(=O)C=C2N(C)c3ccccc3C2(C)C)cc1. The van der Waals surface area contributed by atoms with Crippen molar-refractivity contribution in [2.45, 2.75) is 33.1 Å². The van der Waals surface area contributed by atoms with Gasteiger partial charge >= 0.3 is 0 Å². The summed E-state index contributed by atoms with van der Waals surface area (Å²) in [5.41, 5.74) is 5.18. The molecule has 0 saturated carbocycles. The lowest BCUT2D eigenvalue weighted by atomic mass is 9.83. The van der Waals surface area contributed by atoms with E-state index in [0.29, 0.717) is 0 Å². The number of hydrogen-bond acceptors (Lipinski definition) is 3. The van der Waals surface area contributed by atoms with E-state index in [1.807, 2.05) is 37.4 Å². The zero-order chi connectivity index (χ0) is 18.9. The molecule has 3 nitrogen and oxygen atoms in total. The Morgan fingerprint density at radius 1 is 1.04 bits per heavy atom. The molecule has 1 heterocycles. The summed E-state index contributed by atoms with van der Waals surface area (Å²) >= 11 is 0. The first kappa shape index (κ1) is 18.2. The summed E-state index contributed by atoms with van der Waals surface area (Å²) in [6.07, 6.45) is 1.80. The van der Waals surface area contributed by atoms with Crippen molar-refractivity contribution in [2.24, 2.45) is 0 Å². The quantitative estimate of drug-likeness (QED) is 0.559. The zero-order valence-corrected chi connectivity index (χ0v) is 16.4. The van der Waals surface area contributed by atoms with E-state index < -0.39 is 0 Å². The number of nitrogens with zero attached hydrogens (tertiary/aromatic N) is 2. The van der Waals surface area contributed by atoms with Crippen molar-refractivity contribution in [1.29, 1.82) is 0 Å². The third-order valence-corrected chi connectivity index (χ3v) is 5.49. The van der Waals surface area contributed by atoms with Crippen LogP contribution >= 0.6 is 0 Å². The number of anilines is 2. The number of ketones is 1. The smallest absolute Gasteiger partial charge is 0.187 e. The summed E-state index contributed by atoms with van der Waals surface area (Å²) < 4.78 is 0. The number of hydrogen-bond donors (Lipinski definition) is 0. The van der Waals surface area contributed by atoms with Gasteiger partial charge in [0.25, 0.3) is 0 Å². The fourth-order valence-corrected chi connectivity index (χ4v) is 3.89. The number of carbonyl (C=O) groups is 1. The molecule has 0 saturated heterocycles. The average molecular weight is 348 g/mol. The number of benzene rings is 2. The number of para-hydroxylation sites is 1. The Hall–Kier alpha value is -2.55. The van der Waals surface area contributed by atoms with Gasteiger partial charge in [-0.2, -0.15) is 0 Å². The average Bonchev–Trinajstić information content (AvgIpc) is 2.84. The monoisotopic (exact) mass is 348 g/mol. The van der Waals surface area contributed by atoms with Crippen LogP contribution in [-0.2, 0) is 5.41 Å². The van der Waals surface area contributed by atoms with E-state index in [-0.39, 0.29) is 11.2 Å². The molecule has 26 heavy (non-hydrogen) atoms. The first-order valence-corrected chi connectivity index (χ1v) is 9.34. The van der Waals surface area contributed by atoms with Crippen molar-refractivity contribution in [3.8, 4) is 0 Å². The minimum Gasteiger partial charge on any atom is -0.372 e. The Morgan fingerprint density at radius 2 is 1.65 bits per heavy atom. The molecule has 0 N–H and O–H groups in total. The van der Waals surface area contributed by atoms with Gasteiger partial charge in [0.05, 0.1) is 0 Å². The molecule has 0 bridgehead atoms. The van der Waals surface area contributed by atoms with Crippen molar-refractivity contribution in [1.82, 2.24) is 0 Å². The summed E-state index contributed by atoms with van der Waals surface area (Å²) in [7, 11) is 2.04. The van der Waals surface area contributed by atoms with Crippen LogP contribution in [0.4, 0.5) is 11.4 Å². The molecule has 3 rings (SSSR count). The molecule has 0 aromatic heterocycles. The van der Waals surface area contributed by atoms with Crippen LogP contribution in [0.25, 0.3) is 0 Å². The summed E-state index contributed by atoms with van der Waals surface area (Å²) in [5, 5.41) is 0. The Kier molecular flexibility index (Phi) is 4.90. The van der Waals surface area contributed by atoms with Crippen LogP contribution in [0.1, 0.15) is 43.6 Å². The summed E-state index contributed by atoms with van der Waals surface area (Å²) in [6, 6.07) is 16.3. The largest absolute Gasteiger partial charge is 0.372 e. The molecule has 0 unspecified atom stereocenters. The van der Waals surface area contributed by atoms with Crippen LogP contribution in [0.15, 0.2) is 60.3 Å². The van der Waals surface area contributed by atoms with E-state index in [1.54, 1.807) is 6.08 Å². The van der Waals surface area contributed by atoms with Crippen LogP contribution < -0.4 is 9.80 Å². The molecule has 1 aliphatic heterocycles. The van der Waals surface area contributed by atoms with Gasteiger partial charge in [0.2, 0.25) is 0 Å². The Bertz CT molecular complexity index is 830. The molecule has 0 fully saturated rings. The molecule has 136 valence electrons. The van der Waals surface area contributed by atoms with E-state index in [2.05, 4.69) is 55.7 Å². The Morgan fingerprint density at radius 3 is 2.23 bits per heavy atom. The van der Waals surface area contributed by atoms with Gasteiger partial charge in [-0.05, 0) is 49.7 Å². The minimum absolute atomic E-state index is 0.0545. The maximum Gasteiger partial charge on any atom is 0.187 e. The lowest BCUT2D eigenvalue weighted by Crippen LogP contribution is -2.24. The maximum absolute atomic E-state index is 12.9. The summed E-state index contributed by atoms with van der Waals surface area (Å²) in [4.78, 5) is 17.3. The van der Waals surface area contributed by atoms with Gasteiger partial charge in [-0.1, -0.05) is 32.0 Å². The normalized spacial score (nSPS) is 16.7. The zero-order valence-electron chi connectivity index (χ0n) is 16.4. The standard InChI is InChI=1S/C23H28N2O/c1-6-25(7-2)18-14-12-17(13-15-18)21(26)16-22-23(3,4)19-10-8-9-11-20(19)24(22)5/h8-16H,6-7H2,1-5H3. The highest BCUT2D eigenvalue weighted by atomic mass is 16.1. The van der Waals surface area contributed by atoms with Crippen LogP contribution in [-0.4, -0.2) is 25.9 Å². The molecule has 0 spiro atoms. The number of rotatable bonds is 5. The number of likely N-dealkylation sites (N-methyl/N-ethyl adjacent to an activating group) is 1. The fourth-order valence-electron chi connectivity index (χ4n) is 3.89. The Balaban J connectivity index is 1.90. The van der Waals surface area contributed by atoms with Gasteiger partial charge in [0.15, 0.2) is 5.78 Å². The lowest BCUT2D eigenvalue weighted by molar-refractivity contribution is 0.104. The highest BCUT2D eigenvalue weighted by molar-refractivity contribution is 6.06. The fraction of sp³-hybridized carbons (Fsp3) is 0.348. The highest BCUT2D eigenvalue weighted by Crippen LogP contribution is 2.46. The first-order chi connectivity index (χ1) is 12.4. The van der Waals surface area contributed by atoms with Gasteiger partial charge in [-0.15, -0.1) is 0 Å². The molecular formula is C23H28N2O. The second-order valence-electron chi connectivity index (χ2n) is 7.31. The van der Waals surface area contributed by atoms with Crippen molar-refractivity contribution in [3.63, 3.8) is 0 Å². The lowest BCUT2D eigenvalue weighted by Gasteiger charge is -2.24. The molecule has 0 atom stereocenters. The van der Waals surface area contributed by atoms with Crippen molar-refractivity contribution in [2.75, 3.05) is 29.9 Å². The molecule has 0 radical (unpaired) electrons. The van der Waals surface area contributed by atoms with Gasteiger partial charge in [0, 0.05) is 54.3 Å². The van der Waals surface area contributed by atoms with E-state index in [0.717, 1.165) is 30.0 Å². The highest BCUT2D eigenvalue weighted by Gasteiger charge is 2.38. The molecule has 0 aliphatic carbocycles. The van der Waals surface area contributed by atoms with E-state index in [4.69, 9.17) is 0 Å². The van der Waals surface area contributed by atoms with E-state index >= 15 is 0 Å². The summed E-state index contributed by atoms with van der Waals surface area (Å²) in [5.74, 6) is 0.0545. The molecular weight excluding hydrogens is 320 g/mol. The van der Waals surface area contributed by atoms with E-state index in [1.165, 1.54) is 11.3 Å². The Labute approximate surface area is 156 Å². The molecule has 1 aliphatic rings.